The van der Waals surface area contributed by atoms with Gasteiger partial charge in [0.25, 0.3) is 0 Å². The Morgan fingerprint density at radius 3 is 2.32 bits per heavy atom. The SMILES string of the molecule is CCCCCCOc1ccc(C2CCC(CCCCC)CC2=O)cc1. The van der Waals surface area contributed by atoms with Crippen molar-refractivity contribution >= 4 is 5.78 Å². The molecule has 0 aromatic heterocycles. The average molecular weight is 345 g/mol. The van der Waals surface area contributed by atoms with E-state index in [9.17, 15) is 4.79 Å². The van der Waals surface area contributed by atoms with E-state index in [2.05, 4.69) is 26.0 Å². The van der Waals surface area contributed by atoms with Gasteiger partial charge in [0.1, 0.15) is 11.5 Å². The average Bonchev–Trinajstić information content (AvgIpc) is 2.63. The minimum atomic E-state index is 0.112. The first kappa shape index (κ1) is 20.0. The highest BCUT2D eigenvalue weighted by atomic mass is 16.5. The maximum atomic E-state index is 12.6. The summed E-state index contributed by atoms with van der Waals surface area (Å²) < 4.78 is 5.81. The van der Waals surface area contributed by atoms with Gasteiger partial charge in [0.2, 0.25) is 0 Å². The van der Waals surface area contributed by atoms with Gasteiger partial charge >= 0.3 is 0 Å². The van der Waals surface area contributed by atoms with E-state index in [1.165, 1.54) is 56.9 Å². The summed E-state index contributed by atoms with van der Waals surface area (Å²) in [6.07, 6.45) is 13.0. The molecule has 0 N–H and O–H groups in total. The zero-order valence-corrected chi connectivity index (χ0v) is 16.3. The predicted molar refractivity (Wildman–Crippen MR) is 105 cm³/mol. The van der Waals surface area contributed by atoms with Crippen LogP contribution in [0.25, 0.3) is 0 Å². The Hall–Kier alpha value is -1.31. The Labute approximate surface area is 154 Å². The van der Waals surface area contributed by atoms with E-state index in [1.807, 2.05) is 12.1 Å². The number of benzene rings is 1. The molecule has 1 fully saturated rings. The smallest absolute Gasteiger partial charge is 0.140 e. The molecule has 0 aliphatic heterocycles. The lowest BCUT2D eigenvalue weighted by atomic mass is 9.76. The van der Waals surface area contributed by atoms with Crippen LogP contribution in [0.5, 0.6) is 5.75 Å². The number of Topliss-reactive ketones (excluding diaryl/α,β-unsaturated/α-hetero) is 1. The summed E-state index contributed by atoms with van der Waals surface area (Å²) in [5.41, 5.74) is 1.18. The van der Waals surface area contributed by atoms with Crippen LogP contribution in [0.2, 0.25) is 0 Å². The molecule has 25 heavy (non-hydrogen) atoms. The van der Waals surface area contributed by atoms with Crippen LogP contribution in [0.4, 0.5) is 0 Å². The van der Waals surface area contributed by atoms with Gasteiger partial charge in [-0.05, 0) is 42.9 Å². The van der Waals surface area contributed by atoms with Crippen molar-refractivity contribution in [2.75, 3.05) is 6.61 Å². The highest BCUT2D eigenvalue weighted by Crippen LogP contribution is 2.35. The molecule has 1 aliphatic rings. The number of ether oxygens (including phenoxy) is 1. The molecule has 2 heteroatoms. The number of carbonyl (C=O) groups is 1. The van der Waals surface area contributed by atoms with E-state index in [-0.39, 0.29) is 5.92 Å². The van der Waals surface area contributed by atoms with Gasteiger partial charge in [0.15, 0.2) is 0 Å². The summed E-state index contributed by atoms with van der Waals surface area (Å²) >= 11 is 0. The van der Waals surface area contributed by atoms with Crippen LogP contribution in [-0.4, -0.2) is 12.4 Å². The first-order valence-electron chi connectivity index (χ1n) is 10.5. The Balaban J connectivity index is 1.77. The minimum absolute atomic E-state index is 0.112. The van der Waals surface area contributed by atoms with Gasteiger partial charge in [-0.1, -0.05) is 70.9 Å². The molecule has 0 amide bonds. The molecule has 0 spiro atoms. The maximum absolute atomic E-state index is 12.6. The normalized spacial score (nSPS) is 20.6. The summed E-state index contributed by atoms with van der Waals surface area (Å²) in [6.45, 7) is 5.25. The van der Waals surface area contributed by atoms with Crippen LogP contribution in [0.3, 0.4) is 0 Å². The topological polar surface area (TPSA) is 26.3 Å². The fourth-order valence-corrected chi connectivity index (χ4v) is 3.89. The summed E-state index contributed by atoms with van der Waals surface area (Å²) in [6, 6.07) is 8.27. The minimum Gasteiger partial charge on any atom is -0.494 e. The van der Waals surface area contributed by atoms with E-state index < -0.39 is 0 Å². The van der Waals surface area contributed by atoms with Gasteiger partial charge in [0, 0.05) is 12.3 Å². The van der Waals surface area contributed by atoms with Crippen molar-refractivity contribution in [1.82, 2.24) is 0 Å². The maximum Gasteiger partial charge on any atom is 0.140 e. The lowest BCUT2D eigenvalue weighted by Gasteiger charge is -2.27. The lowest BCUT2D eigenvalue weighted by molar-refractivity contribution is -0.123. The molecule has 1 aromatic carbocycles. The molecule has 1 aliphatic carbocycles. The van der Waals surface area contributed by atoms with Gasteiger partial charge in [-0.25, -0.2) is 0 Å². The molecule has 2 atom stereocenters. The Bertz CT molecular complexity index is 491. The number of ketones is 1. The van der Waals surface area contributed by atoms with Crippen LogP contribution in [-0.2, 0) is 4.79 Å². The van der Waals surface area contributed by atoms with Crippen molar-refractivity contribution in [3.8, 4) is 5.75 Å². The van der Waals surface area contributed by atoms with Crippen molar-refractivity contribution in [3.63, 3.8) is 0 Å². The quantitative estimate of drug-likeness (QED) is 0.419. The molecular weight excluding hydrogens is 308 g/mol. The molecule has 0 bridgehead atoms. The number of hydrogen-bond acceptors (Lipinski definition) is 2. The molecule has 140 valence electrons. The second kappa shape index (κ2) is 11.3. The molecule has 0 saturated heterocycles. The fraction of sp³-hybridized carbons (Fsp3) is 0.696. The van der Waals surface area contributed by atoms with E-state index in [4.69, 9.17) is 4.74 Å². The van der Waals surface area contributed by atoms with E-state index >= 15 is 0 Å². The third kappa shape index (κ3) is 6.84. The van der Waals surface area contributed by atoms with Gasteiger partial charge in [-0.15, -0.1) is 0 Å². The molecule has 2 unspecified atom stereocenters. The van der Waals surface area contributed by atoms with Gasteiger partial charge in [-0.3, -0.25) is 4.79 Å². The van der Waals surface area contributed by atoms with Gasteiger partial charge in [-0.2, -0.15) is 0 Å². The number of unbranched alkanes of at least 4 members (excludes halogenated alkanes) is 5. The van der Waals surface area contributed by atoms with Crippen molar-refractivity contribution < 1.29 is 9.53 Å². The molecule has 1 saturated carbocycles. The van der Waals surface area contributed by atoms with Crippen LogP contribution >= 0.6 is 0 Å². The number of carbonyl (C=O) groups excluding carboxylic acids is 1. The highest BCUT2D eigenvalue weighted by Gasteiger charge is 2.29. The van der Waals surface area contributed by atoms with Crippen LogP contribution in [0, 0.1) is 5.92 Å². The summed E-state index contributed by atoms with van der Waals surface area (Å²) in [5.74, 6) is 2.11. The third-order valence-corrected chi connectivity index (χ3v) is 5.51. The van der Waals surface area contributed by atoms with Crippen molar-refractivity contribution in [2.45, 2.75) is 90.4 Å². The molecule has 1 aromatic rings. The number of hydrogen-bond donors (Lipinski definition) is 0. The summed E-state index contributed by atoms with van der Waals surface area (Å²) in [4.78, 5) is 12.6. The van der Waals surface area contributed by atoms with Gasteiger partial charge in [0.05, 0.1) is 6.61 Å². The predicted octanol–water partition coefficient (Wildman–Crippen LogP) is 6.68. The monoisotopic (exact) mass is 344 g/mol. The molecule has 0 heterocycles. The Kier molecular flexibility index (Phi) is 9.07. The summed E-state index contributed by atoms with van der Waals surface area (Å²) in [5, 5.41) is 0. The van der Waals surface area contributed by atoms with Gasteiger partial charge < -0.3 is 4.74 Å². The van der Waals surface area contributed by atoms with Crippen LogP contribution in [0.15, 0.2) is 24.3 Å². The zero-order chi connectivity index (χ0) is 17.9. The zero-order valence-electron chi connectivity index (χ0n) is 16.3. The standard InChI is InChI=1S/C23H36O2/c1-3-5-7-9-17-25-21-14-12-20(13-15-21)22-16-11-19(18-23(22)24)10-8-6-4-2/h12-15,19,22H,3-11,16-18H2,1-2H3. The Morgan fingerprint density at radius 1 is 0.920 bits per heavy atom. The molecule has 0 radical (unpaired) electrons. The largest absolute Gasteiger partial charge is 0.494 e. The van der Waals surface area contributed by atoms with E-state index in [0.717, 1.165) is 31.6 Å². The van der Waals surface area contributed by atoms with E-state index in [0.29, 0.717) is 11.7 Å². The fourth-order valence-electron chi connectivity index (χ4n) is 3.89. The second-order valence-electron chi connectivity index (χ2n) is 7.64. The molecule has 2 rings (SSSR count). The van der Waals surface area contributed by atoms with Crippen LogP contribution in [0.1, 0.15) is 96.0 Å². The first-order chi connectivity index (χ1) is 12.2. The third-order valence-electron chi connectivity index (χ3n) is 5.51. The van der Waals surface area contributed by atoms with Crippen molar-refractivity contribution in [1.29, 1.82) is 0 Å². The highest BCUT2D eigenvalue weighted by molar-refractivity contribution is 5.86. The van der Waals surface area contributed by atoms with Crippen molar-refractivity contribution in [3.05, 3.63) is 29.8 Å². The Morgan fingerprint density at radius 2 is 1.64 bits per heavy atom. The molecule has 2 nitrogen and oxygen atoms in total. The molecular formula is C23H36O2. The lowest BCUT2D eigenvalue weighted by Crippen LogP contribution is -2.23. The number of rotatable bonds is 11. The van der Waals surface area contributed by atoms with Crippen LogP contribution < -0.4 is 4.74 Å². The second-order valence-corrected chi connectivity index (χ2v) is 7.64. The summed E-state index contributed by atoms with van der Waals surface area (Å²) in [7, 11) is 0. The first-order valence-corrected chi connectivity index (χ1v) is 10.5. The van der Waals surface area contributed by atoms with Crippen molar-refractivity contribution in [2.24, 2.45) is 5.92 Å². The van der Waals surface area contributed by atoms with E-state index in [1.54, 1.807) is 0 Å².